The van der Waals surface area contributed by atoms with Crippen molar-refractivity contribution in [1.82, 2.24) is 0 Å². The van der Waals surface area contributed by atoms with Gasteiger partial charge in [-0.05, 0) is 19.8 Å². The zero-order chi connectivity index (χ0) is 8.81. The van der Waals surface area contributed by atoms with Crippen LogP contribution in [0.15, 0.2) is 12.2 Å². The summed E-state index contributed by atoms with van der Waals surface area (Å²) in [5.41, 5.74) is 0. The van der Waals surface area contributed by atoms with Gasteiger partial charge in [0, 0.05) is 12.8 Å². The molecule has 0 aromatic heterocycles. The van der Waals surface area contributed by atoms with Crippen LogP contribution in [0, 0.1) is 0 Å². The van der Waals surface area contributed by atoms with Gasteiger partial charge < -0.3 is 4.74 Å². The van der Waals surface area contributed by atoms with Gasteiger partial charge in [-0.2, -0.15) is 0 Å². The number of allylic oxidation sites excluding steroid dienone is 1. The van der Waals surface area contributed by atoms with Gasteiger partial charge in [-0.3, -0.25) is 4.79 Å². The topological polar surface area (TPSA) is 26.3 Å². The first-order valence-electron chi connectivity index (χ1n) is 4.57. The third-order valence-electron chi connectivity index (χ3n) is 2.10. The Hall–Kier alpha value is -0.630. The Balaban J connectivity index is 2.18. The molecule has 0 amide bonds. The van der Waals surface area contributed by atoms with E-state index in [-0.39, 0.29) is 6.10 Å². The first-order valence-corrected chi connectivity index (χ1v) is 4.57. The normalized spacial score (nSPS) is 25.1. The van der Waals surface area contributed by atoms with Crippen LogP contribution in [-0.2, 0) is 9.53 Å². The molecular weight excluding hydrogens is 152 g/mol. The average molecular weight is 168 g/mol. The first-order chi connectivity index (χ1) is 5.83. The van der Waals surface area contributed by atoms with Crippen LogP contribution in [0.1, 0.15) is 32.6 Å². The van der Waals surface area contributed by atoms with Gasteiger partial charge in [0.25, 0.3) is 0 Å². The highest BCUT2D eigenvalue weighted by Gasteiger charge is 2.18. The largest absolute Gasteiger partial charge is 0.374 e. The molecule has 0 N–H and O–H groups in total. The monoisotopic (exact) mass is 168 g/mol. The van der Waals surface area contributed by atoms with E-state index in [4.69, 9.17) is 4.74 Å². The zero-order valence-corrected chi connectivity index (χ0v) is 7.58. The summed E-state index contributed by atoms with van der Waals surface area (Å²) in [6.07, 6.45) is 7.54. The average Bonchev–Trinajstić information content (AvgIpc) is 2.05. The molecule has 12 heavy (non-hydrogen) atoms. The number of hydrogen-bond acceptors (Lipinski definition) is 2. The van der Waals surface area contributed by atoms with E-state index >= 15 is 0 Å². The molecule has 1 aliphatic carbocycles. The summed E-state index contributed by atoms with van der Waals surface area (Å²) < 4.78 is 5.49. The van der Waals surface area contributed by atoms with Crippen molar-refractivity contribution in [1.29, 1.82) is 0 Å². The SMILES string of the molecule is CC=CCOC1CCCC(=O)C1. The smallest absolute Gasteiger partial charge is 0.135 e. The maximum Gasteiger partial charge on any atom is 0.135 e. The molecule has 0 aromatic carbocycles. The van der Waals surface area contributed by atoms with E-state index in [9.17, 15) is 4.79 Å². The van der Waals surface area contributed by atoms with E-state index in [0.29, 0.717) is 18.8 Å². The Morgan fingerprint density at radius 2 is 2.50 bits per heavy atom. The van der Waals surface area contributed by atoms with Crippen LogP contribution >= 0.6 is 0 Å². The van der Waals surface area contributed by atoms with Crippen LogP contribution < -0.4 is 0 Å². The molecule has 0 aromatic rings. The number of ether oxygens (including phenoxy) is 1. The van der Waals surface area contributed by atoms with Gasteiger partial charge in [-0.15, -0.1) is 0 Å². The predicted molar refractivity (Wildman–Crippen MR) is 48.0 cm³/mol. The van der Waals surface area contributed by atoms with E-state index in [0.717, 1.165) is 19.3 Å². The quantitative estimate of drug-likeness (QED) is 0.603. The molecule has 0 saturated heterocycles. The highest BCUT2D eigenvalue weighted by atomic mass is 16.5. The molecule has 1 atom stereocenters. The van der Waals surface area contributed by atoms with Crippen molar-refractivity contribution >= 4 is 5.78 Å². The Labute approximate surface area is 73.6 Å². The van der Waals surface area contributed by atoms with Crippen molar-refractivity contribution in [3.63, 3.8) is 0 Å². The van der Waals surface area contributed by atoms with Gasteiger partial charge in [0.05, 0.1) is 12.7 Å². The molecule has 1 unspecified atom stereocenters. The molecule has 1 rings (SSSR count). The Morgan fingerprint density at radius 1 is 1.67 bits per heavy atom. The highest BCUT2D eigenvalue weighted by molar-refractivity contribution is 5.79. The maximum atomic E-state index is 11.0. The summed E-state index contributed by atoms with van der Waals surface area (Å²) in [6.45, 7) is 2.61. The van der Waals surface area contributed by atoms with Crippen LogP contribution in [0.5, 0.6) is 0 Å². The van der Waals surface area contributed by atoms with Crippen molar-refractivity contribution in [2.75, 3.05) is 6.61 Å². The molecule has 1 fully saturated rings. The van der Waals surface area contributed by atoms with Crippen LogP contribution in [-0.4, -0.2) is 18.5 Å². The van der Waals surface area contributed by atoms with Gasteiger partial charge >= 0.3 is 0 Å². The number of hydrogen-bond donors (Lipinski definition) is 0. The molecule has 0 aliphatic heterocycles. The summed E-state index contributed by atoms with van der Waals surface area (Å²) >= 11 is 0. The molecule has 0 spiro atoms. The number of Topliss-reactive ketones (excluding diaryl/α,β-unsaturated/α-hetero) is 1. The van der Waals surface area contributed by atoms with Crippen LogP contribution in [0.25, 0.3) is 0 Å². The van der Waals surface area contributed by atoms with Crippen molar-refractivity contribution in [3.05, 3.63) is 12.2 Å². The number of carbonyl (C=O) groups excluding carboxylic acids is 1. The Bertz CT molecular complexity index is 173. The molecule has 1 saturated carbocycles. The number of rotatable bonds is 3. The van der Waals surface area contributed by atoms with E-state index in [1.165, 1.54) is 0 Å². The van der Waals surface area contributed by atoms with Gasteiger partial charge in [0.15, 0.2) is 0 Å². The summed E-state index contributed by atoms with van der Waals surface area (Å²) in [5, 5.41) is 0. The third-order valence-corrected chi connectivity index (χ3v) is 2.10. The van der Waals surface area contributed by atoms with Crippen LogP contribution in [0.4, 0.5) is 0 Å². The molecule has 0 bridgehead atoms. The van der Waals surface area contributed by atoms with Gasteiger partial charge in [-0.25, -0.2) is 0 Å². The number of ketones is 1. The minimum absolute atomic E-state index is 0.183. The summed E-state index contributed by atoms with van der Waals surface area (Å²) in [7, 11) is 0. The second-order valence-corrected chi connectivity index (χ2v) is 3.16. The molecule has 2 heteroatoms. The van der Waals surface area contributed by atoms with Crippen molar-refractivity contribution in [2.24, 2.45) is 0 Å². The lowest BCUT2D eigenvalue weighted by molar-refractivity contribution is -0.124. The lowest BCUT2D eigenvalue weighted by atomic mass is 9.96. The third kappa shape index (κ3) is 3.18. The first kappa shape index (κ1) is 9.46. The molecule has 0 radical (unpaired) electrons. The maximum absolute atomic E-state index is 11.0. The Morgan fingerprint density at radius 3 is 3.17 bits per heavy atom. The fraction of sp³-hybridized carbons (Fsp3) is 0.700. The van der Waals surface area contributed by atoms with E-state index in [1.807, 2.05) is 19.1 Å². The number of carbonyl (C=O) groups is 1. The van der Waals surface area contributed by atoms with E-state index in [1.54, 1.807) is 0 Å². The predicted octanol–water partition coefficient (Wildman–Crippen LogP) is 2.09. The van der Waals surface area contributed by atoms with Gasteiger partial charge in [0.2, 0.25) is 0 Å². The molecule has 1 aliphatic rings. The minimum atomic E-state index is 0.183. The summed E-state index contributed by atoms with van der Waals surface area (Å²) in [4.78, 5) is 11.0. The fourth-order valence-corrected chi connectivity index (χ4v) is 1.42. The lowest BCUT2D eigenvalue weighted by Crippen LogP contribution is -2.22. The second kappa shape index (κ2) is 5.09. The Kier molecular flexibility index (Phi) is 4.01. The van der Waals surface area contributed by atoms with Gasteiger partial charge in [0.1, 0.15) is 5.78 Å². The van der Waals surface area contributed by atoms with E-state index in [2.05, 4.69) is 0 Å². The molecule has 0 heterocycles. The lowest BCUT2D eigenvalue weighted by Gasteiger charge is -2.20. The van der Waals surface area contributed by atoms with Crippen molar-refractivity contribution < 1.29 is 9.53 Å². The molecule has 68 valence electrons. The standard InChI is InChI=1S/C10H16O2/c1-2-3-7-12-10-6-4-5-9(11)8-10/h2-3,10H,4-8H2,1H3. The minimum Gasteiger partial charge on any atom is -0.374 e. The van der Waals surface area contributed by atoms with Gasteiger partial charge in [-0.1, -0.05) is 12.2 Å². The highest BCUT2D eigenvalue weighted by Crippen LogP contribution is 2.17. The van der Waals surface area contributed by atoms with Crippen LogP contribution in [0.2, 0.25) is 0 Å². The van der Waals surface area contributed by atoms with Crippen LogP contribution in [0.3, 0.4) is 0 Å². The molecular formula is C10H16O2. The van der Waals surface area contributed by atoms with Crippen molar-refractivity contribution in [3.8, 4) is 0 Å². The fourth-order valence-electron chi connectivity index (χ4n) is 1.42. The molecule has 2 nitrogen and oxygen atoms in total. The van der Waals surface area contributed by atoms with Crippen molar-refractivity contribution in [2.45, 2.75) is 38.7 Å². The summed E-state index contributed by atoms with van der Waals surface area (Å²) in [5.74, 6) is 0.353. The second-order valence-electron chi connectivity index (χ2n) is 3.16. The zero-order valence-electron chi connectivity index (χ0n) is 7.58. The van der Waals surface area contributed by atoms with E-state index < -0.39 is 0 Å². The summed E-state index contributed by atoms with van der Waals surface area (Å²) in [6, 6.07) is 0.